The summed E-state index contributed by atoms with van der Waals surface area (Å²) in [5.41, 5.74) is -0.726. The number of carbonyl (C=O) groups is 1. The fraction of sp³-hybridized carbons (Fsp3) is 0.562. The Balaban J connectivity index is 1.67. The maximum atomic E-state index is 15.1. The van der Waals surface area contributed by atoms with Crippen LogP contribution in [0.1, 0.15) is 36.4 Å². The fourth-order valence-corrected chi connectivity index (χ4v) is 3.78. The normalized spacial score (nSPS) is 27.7. The first kappa shape index (κ1) is 14.4. The van der Waals surface area contributed by atoms with Gasteiger partial charge in [0.15, 0.2) is 5.67 Å². The summed E-state index contributed by atoms with van der Waals surface area (Å²) in [5.74, 6) is 0.0441. The number of carbonyl (C=O) groups excluding carboxylic acids is 1. The lowest BCUT2D eigenvalue weighted by Crippen LogP contribution is -2.51. The van der Waals surface area contributed by atoms with Crippen molar-refractivity contribution in [2.24, 2.45) is 0 Å². The number of likely N-dealkylation sites (tertiary alicyclic amines) is 1. The minimum Gasteiger partial charge on any atom is -0.487 e. The number of hydrogen-bond donors (Lipinski definition) is 1. The van der Waals surface area contributed by atoms with Gasteiger partial charge in [-0.15, -0.1) is 0 Å². The Kier molecular flexibility index (Phi) is 3.23. The Hall–Kier alpha value is -2.20. The molecular formula is C16H17FN4O2. The van der Waals surface area contributed by atoms with Crippen LogP contribution in [0.3, 0.4) is 0 Å². The lowest BCUT2D eigenvalue weighted by Gasteiger charge is -2.35. The lowest BCUT2D eigenvalue weighted by atomic mass is 9.92. The molecule has 120 valence electrons. The molecule has 0 spiro atoms. The largest absolute Gasteiger partial charge is 0.487 e. The summed E-state index contributed by atoms with van der Waals surface area (Å²) in [7, 11) is 0. The first-order valence-electron chi connectivity index (χ1n) is 7.88. The zero-order valence-corrected chi connectivity index (χ0v) is 12.6. The van der Waals surface area contributed by atoms with Gasteiger partial charge in [0.05, 0.1) is 12.6 Å². The Bertz CT molecular complexity index is 696. The number of pyridine rings is 1. The monoisotopic (exact) mass is 316 g/mol. The molecule has 1 N–H and O–H groups in total. The van der Waals surface area contributed by atoms with E-state index in [4.69, 9.17) is 4.74 Å². The summed E-state index contributed by atoms with van der Waals surface area (Å²) < 4.78 is 20.9. The maximum absolute atomic E-state index is 15.1. The number of amides is 1. The molecule has 0 aliphatic carbocycles. The summed E-state index contributed by atoms with van der Waals surface area (Å²) in [6.45, 7) is 1.39. The highest BCUT2D eigenvalue weighted by molar-refractivity contribution is 5.86. The number of nitrogens with zero attached hydrogens (tertiary/aromatic N) is 3. The molecule has 1 aromatic rings. The Morgan fingerprint density at radius 2 is 2.26 bits per heavy atom. The number of ether oxygens (including phenoxy) is 1. The molecule has 0 radical (unpaired) electrons. The van der Waals surface area contributed by atoms with E-state index in [9.17, 15) is 10.1 Å². The average molecular weight is 316 g/mol. The van der Waals surface area contributed by atoms with Crippen molar-refractivity contribution in [2.75, 3.05) is 19.6 Å². The van der Waals surface area contributed by atoms with Crippen LogP contribution in [-0.4, -0.2) is 47.2 Å². The molecule has 0 unspecified atom stereocenters. The van der Waals surface area contributed by atoms with Crippen LogP contribution in [0.25, 0.3) is 0 Å². The molecule has 3 aliphatic rings. The molecule has 1 amide bonds. The number of halogens is 1. The third kappa shape index (κ3) is 2.17. The lowest BCUT2D eigenvalue weighted by molar-refractivity contribution is -0.147. The molecule has 7 heteroatoms. The molecule has 23 heavy (non-hydrogen) atoms. The molecule has 0 aromatic carbocycles. The van der Waals surface area contributed by atoms with Crippen LogP contribution in [-0.2, 0) is 4.79 Å². The molecule has 2 atom stereocenters. The van der Waals surface area contributed by atoms with Gasteiger partial charge in [-0.1, -0.05) is 0 Å². The number of nitrogens with one attached hydrogen (secondary N) is 1. The molecule has 3 aliphatic heterocycles. The standard InChI is InChI=1S/C16H17FN4O2/c17-16(1-3-19-4-2-16)15(22)21-9-11-5-13(21)12-8-20-7-10(6-18)14(12)23-11/h7-8,11,13,19H,1-5,9H2/t11-,13-/m0/s1. The highest BCUT2D eigenvalue weighted by Gasteiger charge is 2.50. The van der Waals surface area contributed by atoms with Crippen LogP contribution in [0, 0.1) is 11.3 Å². The van der Waals surface area contributed by atoms with Gasteiger partial charge in [0.2, 0.25) is 0 Å². The number of nitriles is 1. The van der Waals surface area contributed by atoms with Gasteiger partial charge in [0.25, 0.3) is 5.91 Å². The zero-order chi connectivity index (χ0) is 16.0. The van der Waals surface area contributed by atoms with E-state index >= 15 is 4.39 Å². The second-order valence-corrected chi connectivity index (χ2v) is 6.38. The third-order valence-corrected chi connectivity index (χ3v) is 4.99. The molecule has 0 saturated carbocycles. The quantitative estimate of drug-likeness (QED) is 0.839. The van der Waals surface area contributed by atoms with Gasteiger partial charge in [0, 0.05) is 37.2 Å². The van der Waals surface area contributed by atoms with Crippen molar-refractivity contribution in [1.29, 1.82) is 5.26 Å². The fourth-order valence-electron chi connectivity index (χ4n) is 3.78. The molecule has 4 rings (SSSR count). The number of piperidine rings is 1. The van der Waals surface area contributed by atoms with Gasteiger partial charge in [0.1, 0.15) is 23.5 Å². The predicted molar refractivity (Wildman–Crippen MR) is 78.4 cm³/mol. The summed E-state index contributed by atoms with van der Waals surface area (Å²) in [6, 6.07) is 1.82. The van der Waals surface area contributed by atoms with Crippen molar-refractivity contribution in [2.45, 2.75) is 37.1 Å². The molecule has 4 heterocycles. The number of fused-ring (bicyclic) bond motifs is 4. The summed E-state index contributed by atoms with van der Waals surface area (Å²) in [6.07, 6.45) is 3.92. The van der Waals surface area contributed by atoms with E-state index in [1.54, 1.807) is 11.1 Å². The number of hydrogen-bond acceptors (Lipinski definition) is 5. The third-order valence-electron chi connectivity index (χ3n) is 4.99. The van der Waals surface area contributed by atoms with Crippen molar-refractivity contribution >= 4 is 5.91 Å². The van der Waals surface area contributed by atoms with Crippen LogP contribution in [0.4, 0.5) is 4.39 Å². The van der Waals surface area contributed by atoms with Crippen LogP contribution < -0.4 is 10.1 Å². The molecule has 6 nitrogen and oxygen atoms in total. The van der Waals surface area contributed by atoms with Crippen molar-refractivity contribution in [3.63, 3.8) is 0 Å². The SMILES string of the molecule is N#Cc1cncc2c1O[C@H]1C[C@@H]2N(C(=O)C2(F)CCNCC2)C1. The van der Waals surface area contributed by atoms with E-state index in [1.165, 1.54) is 6.20 Å². The highest BCUT2D eigenvalue weighted by Crippen LogP contribution is 2.46. The van der Waals surface area contributed by atoms with E-state index in [0.717, 1.165) is 0 Å². The Morgan fingerprint density at radius 3 is 3.00 bits per heavy atom. The van der Waals surface area contributed by atoms with Gasteiger partial charge >= 0.3 is 0 Å². The van der Waals surface area contributed by atoms with Gasteiger partial charge in [-0.05, 0) is 13.1 Å². The second kappa shape index (κ2) is 5.17. The van der Waals surface area contributed by atoms with Gasteiger partial charge in [-0.25, -0.2) is 4.39 Å². The molecule has 2 fully saturated rings. The molecule has 2 bridgehead atoms. The van der Waals surface area contributed by atoms with E-state index in [0.29, 0.717) is 42.9 Å². The number of alkyl halides is 1. The van der Waals surface area contributed by atoms with Gasteiger partial charge < -0.3 is 15.0 Å². The van der Waals surface area contributed by atoms with Crippen molar-refractivity contribution < 1.29 is 13.9 Å². The van der Waals surface area contributed by atoms with E-state index in [2.05, 4.69) is 16.4 Å². The highest BCUT2D eigenvalue weighted by atomic mass is 19.1. The average Bonchev–Trinajstić information content (AvgIpc) is 2.92. The predicted octanol–water partition coefficient (Wildman–Crippen LogP) is 1.08. The van der Waals surface area contributed by atoms with Crippen LogP contribution >= 0.6 is 0 Å². The molecular weight excluding hydrogens is 299 g/mol. The second-order valence-electron chi connectivity index (χ2n) is 6.38. The van der Waals surface area contributed by atoms with Crippen LogP contribution in [0.2, 0.25) is 0 Å². The first-order chi connectivity index (χ1) is 11.1. The smallest absolute Gasteiger partial charge is 0.260 e. The number of rotatable bonds is 1. The zero-order valence-electron chi connectivity index (χ0n) is 12.6. The van der Waals surface area contributed by atoms with E-state index < -0.39 is 11.6 Å². The number of aromatic nitrogens is 1. The summed E-state index contributed by atoms with van der Waals surface area (Å²) in [4.78, 5) is 18.5. The van der Waals surface area contributed by atoms with Crippen LogP contribution in [0.15, 0.2) is 12.4 Å². The van der Waals surface area contributed by atoms with Crippen molar-refractivity contribution in [1.82, 2.24) is 15.2 Å². The summed E-state index contributed by atoms with van der Waals surface area (Å²) in [5, 5.41) is 12.3. The van der Waals surface area contributed by atoms with Gasteiger partial charge in [-0.2, -0.15) is 5.26 Å². The maximum Gasteiger partial charge on any atom is 0.260 e. The molecule has 1 aromatic heterocycles. The minimum atomic E-state index is -1.80. The Morgan fingerprint density at radius 1 is 1.48 bits per heavy atom. The Labute approximate surface area is 133 Å². The molecule has 2 saturated heterocycles. The minimum absolute atomic E-state index is 0.184. The van der Waals surface area contributed by atoms with Crippen molar-refractivity contribution in [3.8, 4) is 11.8 Å². The summed E-state index contributed by atoms with van der Waals surface area (Å²) >= 11 is 0. The van der Waals surface area contributed by atoms with Crippen molar-refractivity contribution in [3.05, 3.63) is 23.5 Å². The first-order valence-corrected chi connectivity index (χ1v) is 7.88. The van der Waals surface area contributed by atoms with E-state index in [1.807, 2.05) is 0 Å². The van der Waals surface area contributed by atoms with Crippen LogP contribution in [0.5, 0.6) is 5.75 Å². The van der Waals surface area contributed by atoms with Gasteiger partial charge in [-0.3, -0.25) is 9.78 Å². The van der Waals surface area contributed by atoms with E-state index in [-0.39, 0.29) is 25.0 Å². The topological polar surface area (TPSA) is 78.2 Å².